The molecule has 0 aromatic carbocycles. The number of hydrogen-bond acceptors (Lipinski definition) is 3. The molecule has 0 radical (unpaired) electrons. The number of hydrogen-bond donors (Lipinski definition) is 2. The minimum absolute atomic E-state index is 0.0584. The van der Waals surface area contributed by atoms with Crippen LogP contribution >= 0.6 is 0 Å². The van der Waals surface area contributed by atoms with E-state index in [-0.39, 0.29) is 17.9 Å². The molecule has 1 aromatic heterocycles. The highest BCUT2D eigenvalue weighted by molar-refractivity contribution is 5.92. The van der Waals surface area contributed by atoms with Gasteiger partial charge < -0.3 is 15.0 Å². The first kappa shape index (κ1) is 13.6. The molecule has 5 nitrogen and oxygen atoms in total. The number of aliphatic hydroxyl groups excluding tert-OH is 1. The van der Waals surface area contributed by atoms with Gasteiger partial charge in [0.25, 0.3) is 5.91 Å². The Morgan fingerprint density at radius 3 is 3.05 bits per heavy atom. The Kier molecular flexibility index (Phi) is 3.78. The van der Waals surface area contributed by atoms with Crippen molar-refractivity contribution in [3.05, 3.63) is 17.7 Å². The number of nitrogens with one attached hydrogen (secondary N) is 1. The molecule has 5 heteroatoms. The van der Waals surface area contributed by atoms with Crippen molar-refractivity contribution >= 4 is 5.91 Å². The normalized spacial score (nSPS) is 29.2. The lowest BCUT2D eigenvalue weighted by Crippen LogP contribution is -2.34. The third-order valence-electron chi connectivity index (χ3n) is 4.72. The number of carbonyl (C=O) groups excluding carboxylic acids is 1. The molecule has 3 rings (SSSR count). The topological polar surface area (TPSA) is 67.2 Å². The van der Waals surface area contributed by atoms with Gasteiger partial charge in [-0.3, -0.25) is 4.79 Å². The van der Waals surface area contributed by atoms with E-state index in [9.17, 15) is 9.90 Å². The van der Waals surface area contributed by atoms with E-state index in [4.69, 9.17) is 0 Å². The molecular weight excluding hydrogens is 254 g/mol. The van der Waals surface area contributed by atoms with E-state index < -0.39 is 0 Å². The van der Waals surface area contributed by atoms with E-state index in [2.05, 4.69) is 21.8 Å². The van der Waals surface area contributed by atoms with E-state index in [1.54, 1.807) is 6.20 Å². The van der Waals surface area contributed by atoms with Crippen LogP contribution in [0.3, 0.4) is 0 Å². The molecule has 0 bridgehead atoms. The summed E-state index contributed by atoms with van der Waals surface area (Å²) in [4.78, 5) is 16.7. The zero-order valence-corrected chi connectivity index (χ0v) is 12.0. The first-order valence-electron chi connectivity index (χ1n) is 7.68. The monoisotopic (exact) mass is 277 g/mol. The van der Waals surface area contributed by atoms with Gasteiger partial charge in [-0.25, -0.2) is 4.98 Å². The standard InChI is InChI=1S/C15H23N3O2/c1-10-4-3-7-18-12(9-16-14(10)18)15(20)17-8-11-5-2-6-13(11)19/h9-11,13,19H,2-8H2,1H3,(H,17,20)/t10?,11-,13-/m1/s1. The highest BCUT2D eigenvalue weighted by Crippen LogP contribution is 2.27. The van der Waals surface area contributed by atoms with Crippen LogP contribution in [0.25, 0.3) is 0 Å². The van der Waals surface area contributed by atoms with Gasteiger partial charge in [-0.05, 0) is 25.7 Å². The van der Waals surface area contributed by atoms with E-state index in [1.807, 2.05) is 0 Å². The third kappa shape index (κ3) is 2.46. The number of carbonyl (C=O) groups is 1. The molecule has 1 unspecified atom stereocenters. The summed E-state index contributed by atoms with van der Waals surface area (Å²) < 4.78 is 2.05. The molecule has 1 aromatic rings. The molecule has 2 heterocycles. The fraction of sp³-hybridized carbons (Fsp3) is 0.733. The molecular formula is C15H23N3O2. The van der Waals surface area contributed by atoms with E-state index in [0.717, 1.165) is 44.5 Å². The summed E-state index contributed by atoms with van der Waals surface area (Å²) in [6, 6.07) is 0. The number of imidazole rings is 1. The Labute approximate surface area is 119 Å². The summed E-state index contributed by atoms with van der Waals surface area (Å²) in [6.45, 7) is 3.61. The van der Waals surface area contributed by atoms with Crippen LogP contribution < -0.4 is 5.32 Å². The Hall–Kier alpha value is -1.36. The minimum Gasteiger partial charge on any atom is -0.393 e. The fourth-order valence-corrected chi connectivity index (χ4v) is 3.45. The van der Waals surface area contributed by atoms with Crippen molar-refractivity contribution in [2.24, 2.45) is 5.92 Å². The molecule has 1 amide bonds. The largest absolute Gasteiger partial charge is 0.393 e. The second kappa shape index (κ2) is 5.56. The lowest BCUT2D eigenvalue weighted by molar-refractivity contribution is 0.0906. The Balaban J connectivity index is 1.65. The summed E-state index contributed by atoms with van der Waals surface area (Å²) >= 11 is 0. The van der Waals surface area contributed by atoms with Crippen LogP contribution in [0.4, 0.5) is 0 Å². The van der Waals surface area contributed by atoms with Crippen molar-refractivity contribution in [2.75, 3.05) is 6.54 Å². The van der Waals surface area contributed by atoms with Crippen LogP contribution in [0.15, 0.2) is 6.20 Å². The van der Waals surface area contributed by atoms with Gasteiger partial charge in [-0.2, -0.15) is 0 Å². The van der Waals surface area contributed by atoms with Gasteiger partial charge in [0.05, 0.1) is 12.3 Å². The van der Waals surface area contributed by atoms with Gasteiger partial charge in [0, 0.05) is 24.9 Å². The zero-order chi connectivity index (χ0) is 14.1. The number of nitrogens with zero attached hydrogens (tertiary/aromatic N) is 2. The van der Waals surface area contributed by atoms with Crippen molar-refractivity contribution in [3.8, 4) is 0 Å². The summed E-state index contributed by atoms with van der Waals surface area (Å²) in [5, 5.41) is 12.8. The molecule has 0 saturated heterocycles. The van der Waals surface area contributed by atoms with Gasteiger partial charge in [0.15, 0.2) is 0 Å². The van der Waals surface area contributed by atoms with Gasteiger partial charge >= 0.3 is 0 Å². The predicted molar refractivity (Wildman–Crippen MR) is 75.6 cm³/mol. The third-order valence-corrected chi connectivity index (χ3v) is 4.72. The molecule has 20 heavy (non-hydrogen) atoms. The summed E-state index contributed by atoms with van der Waals surface area (Å²) in [5.41, 5.74) is 0.666. The molecule has 1 aliphatic heterocycles. The minimum atomic E-state index is -0.255. The number of amides is 1. The number of aliphatic hydroxyl groups is 1. The van der Waals surface area contributed by atoms with Crippen molar-refractivity contribution in [3.63, 3.8) is 0 Å². The van der Waals surface area contributed by atoms with Crippen LogP contribution in [0, 0.1) is 5.92 Å². The first-order chi connectivity index (χ1) is 9.66. The second-order valence-electron chi connectivity index (χ2n) is 6.16. The van der Waals surface area contributed by atoms with Gasteiger partial charge in [0.1, 0.15) is 11.5 Å². The van der Waals surface area contributed by atoms with Crippen molar-refractivity contribution < 1.29 is 9.90 Å². The second-order valence-corrected chi connectivity index (χ2v) is 6.16. The highest BCUT2D eigenvalue weighted by atomic mass is 16.3. The summed E-state index contributed by atoms with van der Waals surface area (Å²) in [6.07, 6.45) is 6.61. The van der Waals surface area contributed by atoms with E-state index in [0.29, 0.717) is 18.2 Å². The maximum absolute atomic E-state index is 12.3. The maximum atomic E-state index is 12.3. The molecule has 1 aliphatic carbocycles. The van der Waals surface area contributed by atoms with Gasteiger partial charge in [0.2, 0.25) is 0 Å². The van der Waals surface area contributed by atoms with Crippen LogP contribution in [0.1, 0.15) is 61.3 Å². The smallest absolute Gasteiger partial charge is 0.269 e. The van der Waals surface area contributed by atoms with Crippen molar-refractivity contribution in [2.45, 2.75) is 57.6 Å². The quantitative estimate of drug-likeness (QED) is 0.883. The van der Waals surface area contributed by atoms with Gasteiger partial charge in [-0.1, -0.05) is 13.3 Å². The SMILES string of the molecule is CC1CCCn2c(C(=O)NC[C@H]3CCC[C@H]3O)cnc21. The highest BCUT2D eigenvalue weighted by Gasteiger charge is 2.27. The number of rotatable bonds is 3. The molecule has 2 aliphatic rings. The fourth-order valence-electron chi connectivity index (χ4n) is 3.45. The van der Waals surface area contributed by atoms with Crippen molar-refractivity contribution in [1.82, 2.24) is 14.9 Å². The van der Waals surface area contributed by atoms with Crippen LogP contribution in [-0.2, 0) is 6.54 Å². The molecule has 2 N–H and O–H groups in total. The molecule has 1 fully saturated rings. The van der Waals surface area contributed by atoms with Crippen LogP contribution in [0.2, 0.25) is 0 Å². The molecule has 1 saturated carbocycles. The summed E-state index contributed by atoms with van der Waals surface area (Å²) in [5.74, 6) is 1.61. The predicted octanol–water partition coefficient (Wildman–Crippen LogP) is 1.67. The van der Waals surface area contributed by atoms with Crippen LogP contribution in [-0.4, -0.2) is 33.2 Å². The average molecular weight is 277 g/mol. The number of fused-ring (bicyclic) bond motifs is 1. The Morgan fingerprint density at radius 1 is 1.45 bits per heavy atom. The maximum Gasteiger partial charge on any atom is 0.269 e. The molecule has 0 spiro atoms. The number of aromatic nitrogens is 2. The first-order valence-corrected chi connectivity index (χ1v) is 7.68. The summed E-state index contributed by atoms with van der Waals surface area (Å²) in [7, 11) is 0. The van der Waals surface area contributed by atoms with Crippen LogP contribution in [0.5, 0.6) is 0 Å². The lowest BCUT2D eigenvalue weighted by atomic mass is 10.0. The lowest BCUT2D eigenvalue weighted by Gasteiger charge is -2.21. The van der Waals surface area contributed by atoms with E-state index >= 15 is 0 Å². The average Bonchev–Trinajstić information content (AvgIpc) is 3.03. The molecule has 3 atom stereocenters. The zero-order valence-electron chi connectivity index (χ0n) is 12.0. The van der Waals surface area contributed by atoms with E-state index in [1.165, 1.54) is 0 Å². The Bertz CT molecular complexity index is 497. The van der Waals surface area contributed by atoms with Crippen molar-refractivity contribution in [1.29, 1.82) is 0 Å². The Morgan fingerprint density at radius 2 is 2.30 bits per heavy atom. The van der Waals surface area contributed by atoms with Gasteiger partial charge in [-0.15, -0.1) is 0 Å². The molecule has 110 valence electrons.